The van der Waals surface area contributed by atoms with Gasteiger partial charge < -0.3 is 9.30 Å². The van der Waals surface area contributed by atoms with Crippen LogP contribution < -0.4 is 10.9 Å². The lowest BCUT2D eigenvalue weighted by molar-refractivity contribution is -0.121. The van der Waals surface area contributed by atoms with Gasteiger partial charge in [0.2, 0.25) is 5.95 Å². The molecule has 0 aliphatic heterocycles. The van der Waals surface area contributed by atoms with Crippen molar-refractivity contribution in [1.29, 1.82) is 0 Å². The lowest BCUT2D eigenvalue weighted by Crippen LogP contribution is -2.22. The molecule has 0 fully saturated rings. The van der Waals surface area contributed by atoms with Crippen molar-refractivity contribution in [1.82, 2.24) is 19.5 Å². The summed E-state index contributed by atoms with van der Waals surface area (Å²) < 4.78 is 7.15. The van der Waals surface area contributed by atoms with Gasteiger partial charge in [0.1, 0.15) is 6.61 Å². The van der Waals surface area contributed by atoms with E-state index in [1.165, 1.54) is 0 Å². The van der Waals surface area contributed by atoms with Crippen LogP contribution in [0.1, 0.15) is 18.9 Å². The van der Waals surface area contributed by atoms with Crippen LogP contribution in [-0.2, 0) is 22.7 Å². The summed E-state index contributed by atoms with van der Waals surface area (Å²) in [6.45, 7) is 2.91. The van der Waals surface area contributed by atoms with E-state index in [1.807, 2.05) is 37.3 Å². The summed E-state index contributed by atoms with van der Waals surface area (Å²) in [7, 11) is 0. The number of carbonyl (C=O) groups is 1. The molecule has 0 unspecified atom stereocenters. The Kier molecular flexibility index (Phi) is 5.20. The van der Waals surface area contributed by atoms with Gasteiger partial charge in [-0.05, 0) is 12.0 Å². The number of imidazole rings is 1. The molecule has 8 heteroatoms. The minimum Gasteiger partial charge on any atom is -0.367 e. The Morgan fingerprint density at radius 3 is 2.88 bits per heavy atom. The van der Waals surface area contributed by atoms with Crippen LogP contribution in [0.5, 0.6) is 0 Å². The number of nitrogens with one attached hydrogen (secondary N) is 2. The molecule has 1 amide bonds. The molecule has 0 aliphatic rings. The van der Waals surface area contributed by atoms with E-state index in [0.29, 0.717) is 18.8 Å². The maximum Gasteiger partial charge on any atom is 0.280 e. The number of nitrogens with zero attached hydrogens (tertiary/aromatic N) is 3. The second-order valence-electron chi connectivity index (χ2n) is 5.55. The molecule has 2 N–H and O–H groups in total. The monoisotopic (exact) mass is 341 g/mol. The number of aryl methyl sites for hydroxylation is 1. The Hall–Kier alpha value is -3.00. The van der Waals surface area contributed by atoms with Crippen LogP contribution in [0.3, 0.4) is 0 Å². The van der Waals surface area contributed by atoms with Crippen LogP contribution in [0.15, 0.2) is 41.5 Å². The summed E-state index contributed by atoms with van der Waals surface area (Å²) in [5.74, 6) is -0.302. The van der Waals surface area contributed by atoms with Crippen molar-refractivity contribution < 1.29 is 9.53 Å². The minimum atomic E-state index is -0.389. The normalized spacial score (nSPS) is 10.9. The predicted molar refractivity (Wildman–Crippen MR) is 93.2 cm³/mol. The van der Waals surface area contributed by atoms with E-state index in [0.717, 1.165) is 12.0 Å². The van der Waals surface area contributed by atoms with Gasteiger partial charge in [0.15, 0.2) is 11.2 Å². The maximum absolute atomic E-state index is 12.0. The number of fused-ring (bicyclic) bond motifs is 1. The van der Waals surface area contributed by atoms with Gasteiger partial charge in [-0.15, -0.1) is 0 Å². The average molecular weight is 341 g/mol. The minimum absolute atomic E-state index is 0.0867. The first-order chi connectivity index (χ1) is 12.2. The fourth-order valence-electron chi connectivity index (χ4n) is 2.42. The van der Waals surface area contributed by atoms with E-state index >= 15 is 0 Å². The van der Waals surface area contributed by atoms with Crippen molar-refractivity contribution in [2.24, 2.45) is 0 Å². The lowest BCUT2D eigenvalue weighted by Gasteiger charge is -2.06. The van der Waals surface area contributed by atoms with Crippen molar-refractivity contribution >= 4 is 23.0 Å². The summed E-state index contributed by atoms with van der Waals surface area (Å²) >= 11 is 0. The molecule has 130 valence electrons. The van der Waals surface area contributed by atoms with Crippen LogP contribution in [-0.4, -0.2) is 32.0 Å². The molecule has 3 aromatic rings. The molecule has 8 nitrogen and oxygen atoms in total. The first kappa shape index (κ1) is 16.8. The van der Waals surface area contributed by atoms with E-state index in [-0.39, 0.29) is 29.5 Å². The number of hydrogen-bond donors (Lipinski definition) is 2. The predicted octanol–water partition coefficient (Wildman–Crippen LogP) is 1.68. The van der Waals surface area contributed by atoms with Gasteiger partial charge in [-0.3, -0.25) is 19.9 Å². The Bertz CT molecular complexity index is 917. The van der Waals surface area contributed by atoms with Crippen LogP contribution in [0, 0.1) is 0 Å². The van der Waals surface area contributed by atoms with E-state index < -0.39 is 0 Å². The van der Waals surface area contributed by atoms with Gasteiger partial charge in [-0.1, -0.05) is 37.3 Å². The third-order valence-corrected chi connectivity index (χ3v) is 3.54. The number of amides is 1. The molecule has 0 saturated carbocycles. The molecule has 2 aromatic heterocycles. The van der Waals surface area contributed by atoms with Crippen molar-refractivity contribution in [2.45, 2.75) is 26.5 Å². The molecule has 0 spiro atoms. The molecule has 2 heterocycles. The third-order valence-electron chi connectivity index (χ3n) is 3.54. The molecule has 0 radical (unpaired) electrons. The Balaban J connectivity index is 1.64. The Morgan fingerprint density at radius 1 is 1.32 bits per heavy atom. The van der Waals surface area contributed by atoms with Gasteiger partial charge in [0, 0.05) is 6.54 Å². The smallest absolute Gasteiger partial charge is 0.280 e. The quantitative estimate of drug-likeness (QED) is 0.681. The number of aromatic amines is 1. The number of hydrogen-bond acceptors (Lipinski definition) is 5. The van der Waals surface area contributed by atoms with Crippen LogP contribution in [0.4, 0.5) is 5.95 Å². The number of aromatic nitrogens is 4. The fourth-order valence-corrected chi connectivity index (χ4v) is 2.42. The van der Waals surface area contributed by atoms with E-state index in [2.05, 4.69) is 20.3 Å². The largest absolute Gasteiger partial charge is 0.367 e. The zero-order valence-electron chi connectivity index (χ0n) is 13.9. The molecule has 25 heavy (non-hydrogen) atoms. The SMILES string of the molecule is CCCn1cnc2c(=O)[nH]c(NC(=O)COCc3ccccc3)nc21. The van der Waals surface area contributed by atoms with Gasteiger partial charge in [-0.2, -0.15) is 4.98 Å². The van der Waals surface area contributed by atoms with Crippen molar-refractivity contribution in [2.75, 3.05) is 11.9 Å². The summed E-state index contributed by atoms with van der Waals surface area (Å²) in [6.07, 6.45) is 2.46. The number of ether oxygens (including phenoxy) is 1. The van der Waals surface area contributed by atoms with Gasteiger partial charge in [0.05, 0.1) is 12.9 Å². The topological polar surface area (TPSA) is 102 Å². The number of anilines is 1. The molecule has 0 atom stereocenters. The zero-order chi connectivity index (χ0) is 17.6. The molecule has 0 aliphatic carbocycles. The highest BCUT2D eigenvalue weighted by molar-refractivity contribution is 5.90. The van der Waals surface area contributed by atoms with E-state index in [4.69, 9.17) is 4.74 Å². The van der Waals surface area contributed by atoms with Crippen LogP contribution in [0.25, 0.3) is 11.2 Å². The average Bonchev–Trinajstić information content (AvgIpc) is 3.00. The second kappa shape index (κ2) is 7.71. The molecule has 1 aromatic carbocycles. The highest BCUT2D eigenvalue weighted by atomic mass is 16.5. The number of benzene rings is 1. The second-order valence-corrected chi connectivity index (χ2v) is 5.55. The van der Waals surface area contributed by atoms with E-state index in [1.54, 1.807) is 10.9 Å². The van der Waals surface area contributed by atoms with Gasteiger partial charge in [-0.25, -0.2) is 4.98 Å². The van der Waals surface area contributed by atoms with Crippen LogP contribution >= 0.6 is 0 Å². The summed E-state index contributed by atoms with van der Waals surface area (Å²) in [5.41, 5.74) is 1.30. The third kappa shape index (κ3) is 4.10. The number of carbonyl (C=O) groups excluding carboxylic acids is 1. The molecular weight excluding hydrogens is 322 g/mol. The molecular formula is C17H19N5O3. The molecule has 3 rings (SSSR count). The summed E-state index contributed by atoms with van der Waals surface area (Å²) in [5, 5.41) is 2.55. The fraction of sp³-hybridized carbons (Fsp3) is 0.294. The summed E-state index contributed by atoms with van der Waals surface area (Å²) in [6, 6.07) is 9.56. The number of H-pyrrole nitrogens is 1. The standard InChI is InChI=1S/C17H19N5O3/c1-2-8-22-11-18-14-15(22)20-17(21-16(14)24)19-13(23)10-25-9-12-6-4-3-5-7-12/h3-7,11H,2,8-10H2,1H3,(H2,19,20,21,23,24). The van der Waals surface area contributed by atoms with Gasteiger partial charge >= 0.3 is 0 Å². The zero-order valence-corrected chi connectivity index (χ0v) is 13.9. The molecule has 0 saturated heterocycles. The van der Waals surface area contributed by atoms with Gasteiger partial charge in [0.25, 0.3) is 11.5 Å². The van der Waals surface area contributed by atoms with E-state index in [9.17, 15) is 9.59 Å². The highest BCUT2D eigenvalue weighted by Crippen LogP contribution is 2.08. The highest BCUT2D eigenvalue weighted by Gasteiger charge is 2.12. The number of rotatable bonds is 7. The Morgan fingerprint density at radius 2 is 2.12 bits per heavy atom. The van der Waals surface area contributed by atoms with Crippen molar-refractivity contribution in [3.05, 3.63) is 52.6 Å². The summed E-state index contributed by atoms with van der Waals surface area (Å²) in [4.78, 5) is 34.9. The Labute approximate surface area is 143 Å². The lowest BCUT2D eigenvalue weighted by atomic mass is 10.2. The van der Waals surface area contributed by atoms with Crippen molar-refractivity contribution in [3.63, 3.8) is 0 Å². The van der Waals surface area contributed by atoms with Crippen LogP contribution in [0.2, 0.25) is 0 Å². The van der Waals surface area contributed by atoms with Crippen molar-refractivity contribution in [3.8, 4) is 0 Å². The first-order valence-corrected chi connectivity index (χ1v) is 8.04. The molecule has 0 bridgehead atoms. The maximum atomic E-state index is 12.0. The first-order valence-electron chi connectivity index (χ1n) is 8.04.